The zero-order valence-corrected chi connectivity index (χ0v) is 12.4. The van der Waals surface area contributed by atoms with Gasteiger partial charge in [0, 0.05) is 5.69 Å². The standard InChI is InChI=1S/C12H11ClN4O3S/c1-7-2-3-8(21(14,19)20)6-10(7)15-12(18)9-4-5-11(13)17-16-9/h2-6H,1H3,(H,15,18)(H2,14,19,20). The van der Waals surface area contributed by atoms with Crippen molar-refractivity contribution in [1.82, 2.24) is 10.2 Å². The molecule has 0 unspecified atom stereocenters. The summed E-state index contributed by atoms with van der Waals surface area (Å²) in [5.41, 5.74) is 1.06. The van der Waals surface area contributed by atoms with E-state index in [1.54, 1.807) is 13.0 Å². The summed E-state index contributed by atoms with van der Waals surface area (Å²) < 4.78 is 22.6. The summed E-state index contributed by atoms with van der Waals surface area (Å²) in [7, 11) is -3.84. The van der Waals surface area contributed by atoms with Gasteiger partial charge in [-0.05, 0) is 36.8 Å². The molecule has 1 heterocycles. The van der Waals surface area contributed by atoms with Crippen molar-refractivity contribution in [2.24, 2.45) is 5.14 Å². The largest absolute Gasteiger partial charge is 0.320 e. The number of benzene rings is 1. The SMILES string of the molecule is Cc1ccc(S(N)(=O)=O)cc1NC(=O)c1ccc(Cl)nn1. The number of rotatable bonds is 3. The zero-order chi connectivity index (χ0) is 15.6. The molecule has 0 aliphatic carbocycles. The molecule has 21 heavy (non-hydrogen) atoms. The number of sulfonamides is 1. The Morgan fingerprint density at radius 3 is 2.52 bits per heavy atom. The molecule has 9 heteroatoms. The lowest BCUT2D eigenvalue weighted by atomic mass is 10.2. The van der Waals surface area contributed by atoms with Crippen molar-refractivity contribution in [1.29, 1.82) is 0 Å². The third-order valence-corrected chi connectivity index (χ3v) is 3.76. The Morgan fingerprint density at radius 2 is 1.95 bits per heavy atom. The number of aromatic nitrogens is 2. The number of hydrogen-bond donors (Lipinski definition) is 2. The van der Waals surface area contributed by atoms with E-state index in [0.717, 1.165) is 0 Å². The third-order valence-electron chi connectivity index (χ3n) is 2.65. The van der Waals surface area contributed by atoms with Gasteiger partial charge >= 0.3 is 0 Å². The van der Waals surface area contributed by atoms with E-state index in [1.165, 1.54) is 24.3 Å². The maximum Gasteiger partial charge on any atom is 0.276 e. The molecule has 0 fully saturated rings. The third kappa shape index (κ3) is 3.75. The smallest absolute Gasteiger partial charge is 0.276 e. The molecule has 0 atom stereocenters. The molecule has 2 aromatic rings. The van der Waals surface area contributed by atoms with Crippen molar-refractivity contribution >= 4 is 33.2 Å². The first-order chi connectivity index (χ1) is 9.77. The number of nitrogens with zero attached hydrogens (tertiary/aromatic N) is 2. The summed E-state index contributed by atoms with van der Waals surface area (Å²) >= 11 is 5.59. The van der Waals surface area contributed by atoms with Crippen LogP contribution in [-0.4, -0.2) is 24.5 Å². The first-order valence-electron chi connectivity index (χ1n) is 5.71. The van der Waals surface area contributed by atoms with Gasteiger partial charge in [-0.3, -0.25) is 4.79 Å². The van der Waals surface area contributed by atoms with Crippen molar-refractivity contribution in [3.63, 3.8) is 0 Å². The number of carbonyl (C=O) groups is 1. The molecule has 3 N–H and O–H groups in total. The Hall–Kier alpha value is -2.03. The Morgan fingerprint density at radius 1 is 1.24 bits per heavy atom. The van der Waals surface area contributed by atoms with E-state index in [9.17, 15) is 13.2 Å². The van der Waals surface area contributed by atoms with Gasteiger partial charge in [-0.15, -0.1) is 10.2 Å². The predicted molar refractivity (Wildman–Crippen MR) is 77.5 cm³/mol. The van der Waals surface area contributed by atoms with Crippen LogP contribution in [-0.2, 0) is 10.0 Å². The highest BCUT2D eigenvalue weighted by Gasteiger charge is 2.13. The van der Waals surface area contributed by atoms with Gasteiger partial charge in [-0.2, -0.15) is 0 Å². The summed E-state index contributed by atoms with van der Waals surface area (Å²) in [6.45, 7) is 1.72. The fourth-order valence-electron chi connectivity index (χ4n) is 1.54. The number of nitrogens with one attached hydrogen (secondary N) is 1. The van der Waals surface area contributed by atoms with Crippen LogP contribution in [0.5, 0.6) is 0 Å². The van der Waals surface area contributed by atoms with Crippen molar-refractivity contribution in [2.45, 2.75) is 11.8 Å². The molecule has 0 aliphatic rings. The average Bonchev–Trinajstić information content (AvgIpc) is 2.40. The number of hydrogen-bond acceptors (Lipinski definition) is 5. The fraction of sp³-hybridized carbons (Fsp3) is 0.0833. The summed E-state index contributed by atoms with van der Waals surface area (Å²) in [6.07, 6.45) is 0. The van der Waals surface area contributed by atoms with Crippen LogP contribution in [0.3, 0.4) is 0 Å². The Labute approximate surface area is 126 Å². The van der Waals surface area contributed by atoms with Gasteiger partial charge in [-0.25, -0.2) is 13.6 Å². The minimum Gasteiger partial charge on any atom is -0.320 e. The van der Waals surface area contributed by atoms with Crippen molar-refractivity contribution in [3.05, 3.63) is 46.7 Å². The second kappa shape index (κ2) is 5.76. The molecule has 7 nitrogen and oxygen atoms in total. The highest BCUT2D eigenvalue weighted by atomic mass is 35.5. The van der Waals surface area contributed by atoms with Gasteiger partial charge < -0.3 is 5.32 Å². The quantitative estimate of drug-likeness (QED) is 0.883. The molecule has 0 radical (unpaired) electrons. The minimum atomic E-state index is -3.84. The lowest BCUT2D eigenvalue weighted by Gasteiger charge is -2.09. The van der Waals surface area contributed by atoms with Crippen LogP contribution in [0.15, 0.2) is 35.2 Å². The first-order valence-corrected chi connectivity index (χ1v) is 7.64. The van der Waals surface area contributed by atoms with E-state index in [0.29, 0.717) is 11.3 Å². The number of nitrogens with two attached hydrogens (primary N) is 1. The van der Waals surface area contributed by atoms with E-state index >= 15 is 0 Å². The molecular weight excluding hydrogens is 316 g/mol. The van der Waals surface area contributed by atoms with Crippen LogP contribution in [0.2, 0.25) is 5.15 Å². The van der Waals surface area contributed by atoms with Gasteiger partial charge in [0.15, 0.2) is 10.8 Å². The number of halogens is 1. The number of aryl methyl sites for hydroxylation is 1. The minimum absolute atomic E-state index is 0.0554. The molecule has 1 aromatic carbocycles. The van der Waals surface area contributed by atoms with Crippen molar-refractivity contribution in [2.75, 3.05) is 5.32 Å². The highest BCUT2D eigenvalue weighted by Crippen LogP contribution is 2.20. The van der Waals surface area contributed by atoms with Gasteiger partial charge in [-0.1, -0.05) is 17.7 Å². The summed E-state index contributed by atoms with van der Waals surface area (Å²) in [6, 6.07) is 7.03. The molecule has 0 saturated heterocycles. The first kappa shape index (κ1) is 15.4. The molecule has 1 aromatic heterocycles. The lowest BCUT2D eigenvalue weighted by Crippen LogP contribution is -2.17. The predicted octanol–water partition coefficient (Wildman–Crippen LogP) is 1.34. The van der Waals surface area contributed by atoms with Gasteiger partial charge in [0.2, 0.25) is 10.0 Å². The number of carbonyl (C=O) groups excluding carboxylic acids is 1. The van der Waals surface area contributed by atoms with Gasteiger partial charge in [0.05, 0.1) is 4.90 Å². The molecule has 2 rings (SSSR count). The Bertz CT molecular complexity index is 791. The number of anilines is 1. The van der Waals surface area contributed by atoms with Gasteiger partial charge in [0.1, 0.15) is 0 Å². The summed E-state index contributed by atoms with van der Waals surface area (Å²) in [4.78, 5) is 11.9. The van der Waals surface area contributed by atoms with Crippen LogP contribution in [0.4, 0.5) is 5.69 Å². The van der Waals surface area contributed by atoms with Crippen LogP contribution in [0, 0.1) is 6.92 Å². The number of primary sulfonamides is 1. The van der Waals surface area contributed by atoms with Crippen LogP contribution in [0.1, 0.15) is 16.1 Å². The lowest BCUT2D eigenvalue weighted by molar-refractivity contribution is 0.102. The molecule has 1 amide bonds. The summed E-state index contributed by atoms with van der Waals surface area (Å²) in [5.74, 6) is -0.533. The van der Waals surface area contributed by atoms with Crippen LogP contribution >= 0.6 is 11.6 Å². The van der Waals surface area contributed by atoms with E-state index in [1.807, 2.05) is 0 Å². The molecule has 0 aliphatic heterocycles. The normalized spacial score (nSPS) is 11.2. The molecule has 0 saturated carbocycles. The average molecular weight is 327 g/mol. The van der Waals surface area contributed by atoms with E-state index in [2.05, 4.69) is 15.5 Å². The maximum atomic E-state index is 12.0. The highest BCUT2D eigenvalue weighted by molar-refractivity contribution is 7.89. The molecule has 0 spiro atoms. The Balaban J connectivity index is 2.31. The maximum absolute atomic E-state index is 12.0. The number of amides is 1. The molecule has 110 valence electrons. The van der Waals surface area contributed by atoms with Crippen molar-refractivity contribution < 1.29 is 13.2 Å². The Kier molecular flexibility index (Phi) is 4.21. The second-order valence-corrected chi connectivity index (χ2v) is 6.17. The van der Waals surface area contributed by atoms with Crippen LogP contribution in [0.25, 0.3) is 0 Å². The fourth-order valence-corrected chi connectivity index (χ4v) is 2.18. The van der Waals surface area contributed by atoms with Crippen LogP contribution < -0.4 is 10.5 Å². The van der Waals surface area contributed by atoms with E-state index in [-0.39, 0.29) is 15.7 Å². The topological polar surface area (TPSA) is 115 Å². The second-order valence-electron chi connectivity index (χ2n) is 4.22. The van der Waals surface area contributed by atoms with E-state index in [4.69, 9.17) is 16.7 Å². The monoisotopic (exact) mass is 326 g/mol. The van der Waals surface area contributed by atoms with Gasteiger partial charge in [0.25, 0.3) is 5.91 Å². The molecule has 0 bridgehead atoms. The summed E-state index contributed by atoms with van der Waals surface area (Å²) in [5, 5.41) is 15.0. The zero-order valence-electron chi connectivity index (χ0n) is 10.9. The molecular formula is C12H11ClN4O3S. The van der Waals surface area contributed by atoms with Crippen molar-refractivity contribution in [3.8, 4) is 0 Å². The van der Waals surface area contributed by atoms with E-state index < -0.39 is 15.9 Å².